The molecule has 1 aliphatic carbocycles. The zero-order valence-corrected chi connectivity index (χ0v) is 21.4. The molecule has 0 aliphatic heterocycles. The van der Waals surface area contributed by atoms with Crippen molar-refractivity contribution in [3.8, 4) is 0 Å². The molecule has 7 nitrogen and oxygen atoms in total. The maximum Gasteiger partial charge on any atom is 0.239 e. The summed E-state index contributed by atoms with van der Waals surface area (Å²) in [5, 5.41) is 13.6. The molecule has 0 radical (unpaired) electrons. The van der Waals surface area contributed by atoms with E-state index in [1.165, 1.54) is 18.6 Å². The van der Waals surface area contributed by atoms with Crippen LogP contribution in [0.25, 0.3) is 0 Å². The Morgan fingerprint density at radius 1 is 1.27 bits per heavy atom. The summed E-state index contributed by atoms with van der Waals surface area (Å²) in [5.74, 6) is 0.0340. The molecule has 1 aromatic rings. The lowest BCUT2D eigenvalue weighted by molar-refractivity contribution is -0.124. The minimum absolute atomic E-state index is 0. The van der Waals surface area contributed by atoms with Crippen LogP contribution < -0.4 is 10.0 Å². The molecule has 4 unspecified atom stereocenters. The Bertz CT molecular complexity index is 921. The molecular formula is C23H41FN2O5S2. The first kappa shape index (κ1) is 27.9. The average Bonchev–Trinajstić information content (AvgIpc) is 2.73. The fourth-order valence-corrected chi connectivity index (χ4v) is 6.44. The van der Waals surface area contributed by atoms with E-state index in [4.69, 9.17) is 0 Å². The van der Waals surface area contributed by atoms with Gasteiger partial charge in [-0.05, 0) is 61.3 Å². The monoisotopic (exact) mass is 508 g/mol. The Hall–Kier alpha value is -1.36. The molecule has 1 saturated carbocycles. The van der Waals surface area contributed by atoms with E-state index in [-0.39, 0.29) is 13.5 Å². The number of hydrogen-bond acceptors (Lipinski definition) is 5. The standard InChI is InChI=1S/C23H37FN2O5S2.2H2/c1-5-20(22(27)13-17-12-15(2)6-7-16(17)3)25-23(28)21(26-33(4,30)31)14-32(29)19-10-8-18(24)9-11-19;;/h8-11,15-17,20-22,26-27H,5-7,12-14H2,1-4H3,(H,25,28);2*1H/t15?,16?,17?,20-,21+,22+,32?;;/m0../s1. The van der Waals surface area contributed by atoms with E-state index in [0.717, 1.165) is 31.2 Å². The molecule has 2 rings (SSSR count). The summed E-state index contributed by atoms with van der Waals surface area (Å²) in [6.07, 6.45) is 4.54. The van der Waals surface area contributed by atoms with E-state index < -0.39 is 50.7 Å². The highest BCUT2D eigenvalue weighted by atomic mass is 32.2. The lowest BCUT2D eigenvalue weighted by Crippen LogP contribution is -2.54. The van der Waals surface area contributed by atoms with E-state index in [1.807, 2.05) is 6.92 Å². The molecule has 1 aliphatic rings. The lowest BCUT2D eigenvalue weighted by Gasteiger charge is -2.36. The van der Waals surface area contributed by atoms with Gasteiger partial charge in [0.05, 0.1) is 35.0 Å². The molecule has 3 N–H and O–H groups in total. The number of carbonyl (C=O) groups is 1. The summed E-state index contributed by atoms with van der Waals surface area (Å²) in [4.78, 5) is 13.3. The maximum absolute atomic E-state index is 13.2. The molecule has 7 atom stereocenters. The van der Waals surface area contributed by atoms with Crippen LogP contribution in [0.15, 0.2) is 29.2 Å². The van der Waals surface area contributed by atoms with Crippen LogP contribution in [0.5, 0.6) is 0 Å². The van der Waals surface area contributed by atoms with Crippen LogP contribution in [0.3, 0.4) is 0 Å². The second kappa shape index (κ2) is 12.4. The normalized spacial score (nSPS) is 25.1. The summed E-state index contributed by atoms with van der Waals surface area (Å²) in [6.45, 7) is 6.25. The predicted molar refractivity (Wildman–Crippen MR) is 132 cm³/mol. The van der Waals surface area contributed by atoms with E-state index in [1.54, 1.807) is 0 Å². The van der Waals surface area contributed by atoms with Crippen molar-refractivity contribution in [3.63, 3.8) is 0 Å². The molecule has 33 heavy (non-hydrogen) atoms. The van der Waals surface area contributed by atoms with Crippen LogP contribution in [0.4, 0.5) is 4.39 Å². The van der Waals surface area contributed by atoms with Crippen molar-refractivity contribution in [2.24, 2.45) is 17.8 Å². The smallest absolute Gasteiger partial charge is 0.239 e. The topological polar surface area (TPSA) is 113 Å². The number of carbonyl (C=O) groups excluding carboxylic acids is 1. The van der Waals surface area contributed by atoms with Crippen molar-refractivity contribution in [3.05, 3.63) is 30.1 Å². The molecule has 1 amide bonds. The molecular weight excluding hydrogens is 467 g/mol. The zero-order chi connectivity index (χ0) is 24.8. The highest BCUT2D eigenvalue weighted by Crippen LogP contribution is 2.36. The number of halogens is 1. The molecule has 0 bridgehead atoms. The Morgan fingerprint density at radius 2 is 1.91 bits per heavy atom. The summed E-state index contributed by atoms with van der Waals surface area (Å²) >= 11 is 0. The number of aliphatic hydroxyl groups excluding tert-OH is 1. The second-order valence-electron chi connectivity index (χ2n) is 9.39. The number of nitrogens with one attached hydrogen (secondary N) is 2. The van der Waals surface area contributed by atoms with Crippen LogP contribution in [-0.2, 0) is 25.6 Å². The Kier molecular flexibility index (Phi) is 10.5. The number of rotatable bonds is 11. The van der Waals surface area contributed by atoms with Gasteiger partial charge in [-0.1, -0.05) is 33.6 Å². The summed E-state index contributed by atoms with van der Waals surface area (Å²) < 4.78 is 51.8. The van der Waals surface area contributed by atoms with E-state index in [0.29, 0.717) is 30.6 Å². The van der Waals surface area contributed by atoms with Crippen LogP contribution in [0.2, 0.25) is 0 Å². The van der Waals surface area contributed by atoms with Gasteiger partial charge < -0.3 is 10.4 Å². The maximum atomic E-state index is 13.2. The quantitative estimate of drug-likeness (QED) is 0.425. The molecule has 0 aromatic heterocycles. The molecule has 0 heterocycles. The highest BCUT2D eigenvalue weighted by molar-refractivity contribution is 7.89. The van der Waals surface area contributed by atoms with Gasteiger partial charge in [0.1, 0.15) is 11.9 Å². The third-order valence-corrected chi connectivity index (χ3v) is 8.61. The van der Waals surface area contributed by atoms with Crippen molar-refractivity contribution < 1.29 is 29.8 Å². The first-order chi connectivity index (χ1) is 15.4. The summed E-state index contributed by atoms with van der Waals surface area (Å²) in [6, 6.07) is 3.15. The van der Waals surface area contributed by atoms with Crippen molar-refractivity contribution in [1.82, 2.24) is 10.0 Å². The molecule has 0 saturated heterocycles. The van der Waals surface area contributed by atoms with Gasteiger partial charge in [0.25, 0.3) is 0 Å². The fraction of sp³-hybridized carbons (Fsp3) is 0.696. The van der Waals surface area contributed by atoms with Gasteiger partial charge in [0.15, 0.2) is 0 Å². The first-order valence-corrected chi connectivity index (χ1v) is 14.7. The van der Waals surface area contributed by atoms with Crippen molar-refractivity contribution in [2.45, 2.75) is 76.0 Å². The minimum atomic E-state index is -3.77. The summed E-state index contributed by atoms with van der Waals surface area (Å²) in [7, 11) is -5.51. The molecule has 1 aromatic carbocycles. The number of benzene rings is 1. The molecule has 0 spiro atoms. The van der Waals surface area contributed by atoms with E-state index in [2.05, 4.69) is 23.9 Å². The van der Waals surface area contributed by atoms with Gasteiger partial charge in [-0.15, -0.1) is 0 Å². The van der Waals surface area contributed by atoms with Crippen molar-refractivity contribution in [1.29, 1.82) is 0 Å². The van der Waals surface area contributed by atoms with Crippen LogP contribution in [0.1, 0.15) is 55.7 Å². The number of aliphatic hydroxyl groups is 1. The predicted octanol–water partition coefficient (Wildman–Crippen LogP) is 3.06. The van der Waals surface area contributed by atoms with Crippen LogP contribution in [-0.4, -0.2) is 53.8 Å². The minimum Gasteiger partial charge on any atom is -0.391 e. The summed E-state index contributed by atoms with van der Waals surface area (Å²) in [5.41, 5.74) is 0. The third-order valence-electron chi connectivity index (χ3n) is 6.47. The fourth-order valence-electron chi connectivity index (χ4n) is 4.46. The van der Waals surface area contributed by atoms with Crippen molar-refractivity contribution >= 4 is 26.7 Å². The Morgan fingerprint density at radius 3 is 2.48 bits per heavy atom. The largest absolute Gasteiger partial charge is 0.391 e. The van der Waals surface area contributed by atoms with Gasteiger partial charge >= 0.3 is 0 Å². The van der Waals surface area contributed by atoms with Crippen LogP contribution >= 0.6 is 0 Å². The van der Waals surface area contributed by atoms with Gasteiger partial charge in [0.2, 0.25) is 15.9 Å². The van der Waals surface area contributed by atoms with Gasteiger partial charge in [-0.2, -0.15) is 0 Å². The lowest BCUT2D eigenvalue weighted by atomic mass is 9.73. The number of amides is 1. The first-order valence-electron chi connectivity index (χ1n) is 11.5. The Balaban J connectivity index is 0.00000578. The SMILES string of the molecule is CC[C@H](NC(=O)[C@@H](CS(=O)c1ccc(F)cc1)NS(C)(=O)=O)[C@H](O)CC1CC(C)CCC1C.[HH].[HH]. The van der Waals surface area contributed by atoms with Gasteiger partial charge in [0, 0.05) is 7.75 Å². The average molecular weight is 509 g/mol. The Labute approximate surface area is 202 Å². The number of sulfonamides is 1. The second-order valence-corrected chi connectivity index (χ2v) is 12.7. The van der Waals surface area contributed by atoms with Gasteiger partial charge in [-0.3, -0.25) is 9.00 Å². The van der Waals surface area contributed by atoms with Gasteiger partial charge in [-0.25, -0.2) is 17.5 Å². The number of hydrogen-bond donors (Lipinski definition) is 3. The van der Waals surface area contributed by atoms with Crippen LogP contribution in [0, 0.1) is 23.6 Å². The third kappa shape index (κ3) is 9.07. The molecule has 192 valence electrons. The van der Waals surface area contributed by atoms with E-state index in [9.17, 15) is 26.9 Å². The van der Waals surface area contributed by atoms with E-state index >= 15 is 0 Å². The zero-order valence-electron chi connectivity index (χ0n) is 19.8. The highest BCUT2D eigenvalue weighted by Gasteiger charge is 2.32. The molecule has 1 fully saturated rings. The van der Waals surface area contributed by atoms with Crippen molar-refractivity contribution in [2.75, 3.05) is 12.0 Å². The molecule has 10 heteroatoms.